The molecule has 0 radical (unpaired) electrons. The van der Waals surface area contributed by atoms with Gasteiger partial charge in [0.05, 0.1) is 0 Å². The molecule has 1 aromatic carbocycles. The summed E-state index contributed by atoms with van der Waals surface area (Å²) in [6.07, 6.45) is 1.71. The van der Waals surface area contributed by atoms with Crippen LogP contribution in [0.5, 0.6) is 0 Å². The molecule has 1 aromatic rings. The van der Waals surface area contributed by atoms with Crippen molar-refractivity contribution in [2.75, 3.05) is 6.54 Å². The minimum Gasteiger partial charge on any atom is -0.329 e. The Morgan fingerprint density at radius 2 is 1.90 bits per heavy atom. The molecular formula is C15H17ClN2O2. The zero-order chi connectivity index (χ0) is 14.3. The van der Waals surface area contributed by atoms with Crippen molar-refractivity contribution in [3.05, 3.63) is 34.9 Å². The lowest BCUT2D eigenvalue weighted by atomic mass is 10.0. The van der Waals surface area contributed by atoms with E-state index in [2.05, 4.69) is 0 Å². The fourth-order valence-electron chi connectivity index (χ4n) is 3.04. The van der Waals surface area contributed by atoms with Crippen molar-refractivity contribution < 1.29 is 9.59 Å². The summed E-state index contributed by atoms with van der Waals surface area (Å²) in [6.45, 7) is 2.99. The number of piperazine rings is 1. The molecule has 5 heteroatoms. The number of carbonyl (C=O) groups is 2. The predicted molar refractivity (Wildman–Crippen MR) is 76.2 cm³/mol. The van der Waals surface area contributed by atoms with Gasteiger partial charge >= 0.3 is 0 Å². The minimum atomic E-state index is -0.382. The first-order chi connectivity index (χ1) is 9.58. The lowest BCUT2D eigenvalue weighted by Crippen LogP contribution is -2.61. The van der Waals surface area contributed by atoms with Gasteiger partial charge in [-0.05, 0) is 37.5 Å². The van der Waals surface area contributed by atoms with E-state index < -0.39 is 0 Å². The topological polar surface area (TPSA) is 40.6 Å². The third-order valence-corrected chi connectivity index (χ3v) is 4.45. The van der Waals surface area contributed by atoms with E-state index in [1.165, 1.54) is 0 Å². The summed E-state index contributed by atoms with van der Waals surface area (Å²) < 4.78 is 0. The summed E-state index contributed by atoms with van der Waals surface area (Å²) >= 11 is 5.87. The first kappa shape index (κ1) is 13.4. The average molecular weight is 293 g/mol. The first-order valence-electron chi connectivity index (χ1n) is 6.93. The number of amides is 2. The highest BCUT2D eigenvalue weighted by Gasteiger charge is 2.45. The third-order valence-electron chi connectivity index (χ3n) is 4.20. The monoisotopic (exact) mass is 292 g/mol. The van der Waals surface area contributed by atoms with E-state index in [9.17, 15) is 9.59 Å². The second kappa shape index (κ2) is 5.09. The molecular weight excluding hydrogens is 276 g/mol. The molecule has 2 fully saturated rings. The van der Waals surface area contributed by atoms with E-state index in [0.29, 0.717) is 18.1 Å². The van der Waals surface area contributed by atoms with E-state index >= 15 is 0 Å². The summed E-state index contributed by atoms with van der Waals surface area (Å²) in [5, 5.41) is 0.671. The number of nitrogens with zero attached hydrogens (tertiary/aromatic N) is 2. The Kier molecular flexibility index (Phi) is 3.42. The van der Waals surface area contributed by atoms with Gasteiger partial charge in [0.25, 0.3) is 0 Å². The van der Waals surface area contributed by atoms with Crippen LogP contribution in [0.3, 0.4) is 0 Å². The van der Waals surface area contributed by atoms with Gasteiger partial charge in [-0.2, -0.15) is 0 Å². The summed E-state index contributed by atoms with van der Waals surface area (Å²) in [4.78, 5) is 28.3. The summed E-state index contributed by atoms with van der Waals surface area (Å²) in [7, 11) is 0. The fourth-order valence-corrected chi connectivity index (χ4v) is 3.17. The van der Waals surface area contributed by atoms with Crippen molar-refractivity contribution >= 4 is 23.4 Å². The van der Waals surface area contributed by atoms with E-state index in [1.54, 1.807) is 21.9 Å². The van der Waals surface area contributed by atoms with Crippen molar-refractivity contribution in [2.45, 2.75) is 38.4 Å². The molecule has 4 nitrogen and oxygen atoms in total. The van der Waals surface area contributed by atoms with Gasteiger partial charge in [-0.15, -0.1) is 0 Å². The molecule has 2 atom stereocenters. The van der Waals surface area contributed by atoms with E-state index in [1.807, 2.05) is 19.1 Å². The highest BCUT2D eigenvalue weighted by atomic mass is 35.5. The molecule has 106 valence electrons. The molecule has 0 bridgehead atoms. The second-order valence-corrected chi connectivity index (χ2v) is 5.89. The molecule has 0 saturated carbocycles. The van der Waals surface area contributed by atoms with Crippen LogP contribution in [0.1, 0.15) is 25.3 Å². The predicted octanol–water partition coefficient (Wildman–Crippen LogP) is 2.06. The minimum absolute atomic E-state index is 0.0704. The number of benzene rings is 1. The lowest BCUT2D eigenvalue weighted by Gasteiger charge is -2.41. The molecule has 0 aromatic heterocycles. The SMILES string of the molecule is C[C@H]1C(=O)N2CCC[C@@H]2C(=O)N1Cc1ccc(Cl)cc1. The zero-order valence-corrected chi connectivity index (χ0v) is 12.1. The highest BCUT2D eigenvalue weighted by Crippen LogP contribution is 2.28. The van der Waals surface area contributed by atoms with Gasteiger partial charge in [0.1, 0.15) is 12.1 Å². The number of rotatable bonds is 2. The number of halogens is 1. The fraction of sp³-hybridized carbons (Fsp3) is 0.467. The Hall–Kier alpha value is -1.55. The Morgan fingerprint density at radius 1 is 1.20 bits per heavy atom. The molecule has 20 heavy (non-hydrogen) atoms. The molecule has 0 unspecified atom stereocenters. The normalized spacial score (nSPS) is 26.1. The molecule has 2 aliphatic heterocycles. The number of hydrogen-bond donors (Lipinski definition) is 0. The van der Waals surface area contributed by atoms with E-state index in [4.69, 9.17) is 11.6 Å². The van der Waals surface area contributed by atoms with Gasteiger partial charge in [-0.25, -0.2) is 0 Å². The summed E-state index contributed by atoms with van der Waals surface area (Å²) in [5.41, 5.74) is 0.994. The van der Waals surface area contributed by atoms with Crippen molar-refractivity contribution in [2.24, 2.45) is 0 Å². The number of hydrogen-bond acceptors (Lipinski definition) is 2. The second-order valence-electron chi connectivity index (χ2n) is 5.46. The Morgan fingerprint density at radius 3 is 2.60 bits per heavy atom. The van der Waals surface area contributed by atoms with Crippen molar-refractivity contribution in [3.63, 3.8) is 0 Å². The van der Waals surface area contributed by atoms with E-state index in [-0.39, 0.29) is 23.9 Å². The molecule has 0 spiro atoms. The van der Waals surface area contributed by atoms with Crippen LogP contribution in [0.15, 0.2) is 24.3 Å². The van der Waals surface area contributed by atoms with Crippen LogP contribution in [-0.2, 0) is 16.1 Å². The van der Waals surface area contributed by atoms with Crippen LogP contribution in [0.2, 0.25) is 5.02 Å². The smallest absolute Gasteiger partial charge is 0.246 e. The Bertz CT molecular complexity index is 543. The summed E-state index contributed by atoms with van der Waals surface area (Å²) in [5.74, 6) is 0.144. The molecule has 3 rings (SSSR count). The molecule has 2 heterocycles. The summed E-state index contributed by atoms with van der Waals surface area (Å²) in [6, 6.07) is 6.78. The van der Waals surface area contributed by atoms with Crippen LogP contribution in [0, 0.1) is 0 Å². The Labute approximate surface area is 123 Å². The van der Waals surface area contributed by atoms with Crippen LogP contribution in [0.25, 0.3) is 0 Å². The van der Waals surface area contributed by atoms with Gasteiger partial charge in [-0.1, -0.05) is 23.7 Å². The van der Waals surface area contributed by atoms with Crippen LogP contribution < -0.4 is 0 Å². The molecule has 2 saturated heterocycles. The quantitative estimate of drug-likeness (QED) is 0.837. The maximum absolute atomic E-state index is 12.5. The zero-order valence-electron chi connectivity index (χ0n) is 11.4. The molecule has 0 N–H and O–H groups in total. The van der Waals surface area contributed by atoms with Gasteiger partial charge in [0.2, 0.25) is 11.8 Å². The van der Waals surface area contributed by atoms with Gasteiger partial charge in [-0.3, -0.25) is 9.59 Å². The van der Waals surface area contributed by atoms with Crippen LogP contribution >= 0.6 is 11.6 Å². The van der Waals surface area contributed by atoms with E-state index in [0.717, 1.165) is 18.4 Å². The van der Waals surface area contributed by atoms with Crippen molar-refractivity contribution in [3.8, 4) is 0 Å². The van der Waals surface area contributed by atoms with Crippen LogP contribution in [-0.4, -0.2) is 40.2 Å². The van der Waals surface area contributed by atoms with Gasteiger partial charge in [0.15, 0.2) is 0 Å². The highest BCUT2D eigenvalue weighted by molar-refractivity contribution is 6.30. The number of carbonyl (C=O) groups excluding carboxylic acids is 2. The standard InChI is InChI=1S/C15H17ClN2O2/c1-10-14(19)17-8-2-3-13(17)15(20)18(10)9-11-4-6-12(16)7-5-11/h4-7,10,13H,2-3,8-9H2,1H3/t10-,13+/m0/s1. The maximum Gasteiger partial charge on any atom is 0.246 e. The first-order valence-corrected chi connectivity index (χ1v) is 7.31. The third kappa shape index (κ3) is 2.18. The Balaban J connectivity index is 1.82. The van der Waals surface area contributed by atoms with Crippen LogP contribution in [0.4, 0.5) is 0 Å². The average Bonchev–Trinajstić information content (AvgIpc) is 2.93. The van der Waals surface area contributed by atoms with Crippen molar-refractivity contribution in [1.29, 1.82) is 0 Å². The lowest BCUT2D eigenvalue weighted by molar-refractivity contribution is -0.159. The van der Waals surface area contributed by atoms with Crippen molar-refractivity contribution in [1.82, 2.24) is 9.80 Å². The molecule has 0 aliphatic carbocycles. The number of fused-ring (bicyclic) bond motifs is 1. The molecule has 2 aliphatic rings. The van der Waals surface area contributed by atoms with Gasteiger partial charge in [0, 0.05) is 18.1 Å². The maximum atomic E-state index is 12.5. The van der Waals surface area contributed by atoms with Gasteiger partial charge < -0.3 is 9.80 Å². The molecule has 2 amide bonds. The largest absolute Gasteiger partial charge is 0.329 e.